The number of carbonyl (C=O) groups is 1. The van der Waals surface area contributed by atoms with Crippen LogP contribution in [0.1, 0.15) is 15.9 Å². The molecule has 0 saturated carbocycles. The first-order valence-corrected chi connectivity index (χ1v) is 5.95. The Balaban J connectivity index is 2.15. The lowest BCUT2D eigenvalue weighted by Crippen LogP contribution is -2.01. The molecular formula is C14H9ClF2O3. The highest BCUT2D eigenvalue weighted by atomic mass is 35.5. The summed E-state index contributed by atoms with van der Waals surface area (Å²) in [6, 6.07) is 7.48. The molecule has 2 aromatic carbocycles. The number of hydrogen-bond donors (Lipinski definition) is 1. The van der Waals surface area contributed by atoms with Crippen molar-refractivity contribution in [1.29, 1.82) is 0 Å². The molecule has 0 saturated heterocycles. The maximum Gasteiger partial charge on any atom is 0.335 e. The number of halogens is 3. The van der Waals surface area contributed by atoms with Crippen LogP contribution in [0.3, 0.4) is 0 Å². The number of ether oxygens (including phenoxy) is 1. The van der Waals surface area contributed by atoms with E-state index < -0.39 is 17.6 Å². The molecule has 0 amide bonds. The highest BCUT2D eigenvalue weighted by Crippen LogP contribution is 2.23. The fourth-order valence-corrected chi connectivity index (χ4v) is 1.75. The second-order valence-electron chi connectivity index (χ2n) is 3.95. The van der Waals surface area contributed by atoms with E-state index in [4.69, 9.17) is 21.4 Å². The summed E-state index contributed by atoms with van der Waals surface area (Å²) in [6.45, 7) is -0.125. The Hall–Kier alpha value is -2.14. The van der Waals surface area contributed by atoms with Crippen LogP contribution in [0.4, 0.5) is 8.78 Å². The zero-order valence-electron chi connectivity index (χ0n) is 10.1. The first kappa shape index (κ1) is 14.3. The van der Waals surface area contributed by atoms with Crippen molar-refractivity contribution in [3.8, 4) is 5.75 Å². The van der Waals surface area contributed by atoms with E-state index in [0.717, 1.165) is 6.07 Å². The summed E-state index contributed by atoms with van der Waals surface area (Å²) in [5.74, 6) is -2.76. The number of hydrogen-bond acceptors (Lipinski definition) is 2. The number of rotatable bonds is 4. The molecule has 0 fully saturated rings. The van der Waals surface area contributed by atoms with Crippen LogP contribution in [-0.2, 0) is 6.61 Å². The maximum atomic E-state index is 13.6. The Morgan fingerprint density at radius 3 is 2.60 bits per heavy atom. The molecule has 104 valence electrons. The van der Waals surface area contributed by atoms with Crippen LogP contribution in [-0.4, -0.2) is 11.1 Å². The topological polar surface area (TPSA) is 46.5 Å². The Morgan fingerprint density at radius 2 is 1.95 bits per heavy atom. The number of carboxylic acid groups (broad SMARTS) is 1. The van der Waals surface area contributed by atoms with Gasteiger partial charge >= 0.3 is 5.97 Å². The lowest BCUT2D eigenvalue weighted by molar-refractivity contribution is 0.0696. The van der Waals surface area contributed by atoms with Crippen molar-refractivity contribution in [2.45, 2.75) is 6.61 Å². The summed E-state index contributed by atoms with van der Waals surface area (Å²) in [4.78, 5) is 10.7. The summed E-state index contributed by atoms with van der Waals surface area (Å²) in [5.41, 5.74) is 0.187. The molecule has 0 spiro atoms. The van der Waals surface area contributed by atoms with E-state index >= 15 is 0 Å². The van der Waals surface area contributed by atoms with Gasteiger partial charge in [0.2, 0.25) is 0 Å². The minimum atomic E-state index is -1.23. The molecule has 0 aliphatic heterocycles. The smallest absolute Gasteiger partial charge is 0.335 e. The van der Waals surface area contributed by atoms with E-state index in [9.17, 15) is 13.6 Å². The van der Waals surface area contributed by atoms with E-state index in [-0.39, 0.29) is 22.9 Å². The molecule has 2 aromatic rings. The van der Waals surface area contributed by atoms with E-state index in [1.165, 1.54) is 24.3 Å². The molecule has 2 rings (SSSR count). The van der Waals surface area contributed by atoms with E-state index in [1.807, 2.05) is 0 Å². The van der Waals surface area contributed by atoms with Crippen molar-refractivity contribution in [1.82, 2.24) is 0 Å². The minimum absolute atomic E-state index is 0.0879. The lowest BCUT2D eigenvalue weighted by Gasteiger charge is -2.09. The van der Waals surface area contributed by atoms with Crippen LogP contribution in [0.25, 0.3) is 0 Å². The predicted molar refractivity (Wildman–Crippen MR) is 69.1 cm³/mol. The standard InChI is InChI=1S/C14H9ClF2O3/c15-13-9(2-1-3-10(13)16)7-20-12-5-4-8(14(18)19)6-11(12)17/h1-6H,7H2,(H,18,19). The molecule has 20 heavy (non-hydrogen) atoms. The Kier molecular flexibility index (Phi) is 4.20. The Bertz CT molecular complexity index is 659. The molecule has 0 aromatic heterocycles. The first-order valence-electron chi connectivity index (χ1n) is 5.57. The van der Waals surface area contributed by atoms with Gasteiger partial charge in [-0.2, -0.15) is 0 Å². The van der Waals surface area contributed by atoms with E-state index in [0.29, 0.717) is 5.56 Å². The summed E-state index contributed by atoms with van der Waals surface area (Å²) in [7, 11) is 0. The largest absolute Gasteiger partial charge is 0.486 e. The fourth-order valence-electron chi connectivity index (χ4n) is 1.57. The zero-order chi connectivity index (χ0) is 14.7. The second kappa shape index (κ2) is 5.88. The SMILES string of the molecule is O=C(O)c1ccc(OCc2cccc(F)c2Cl)c(F)c1. The molecule has 0 unspecified atom stereocenters. The van der Waals surface area contributed by atoms with Crippen LogP contribution in [0, 0.1) is 11.6 Å². The van der Waals surface area contributed by atoms with Crippen molar-refractivity contribution in [2.24, 2.45) is 0 Å². The zero-order valence-corrected chi connectivity index (χ0v) is 10.8. The summed E-state index contributed by atoms with van der Waals surface area (Å²) in [6.07, 6.45) is 0. The summed E-state index contributed by atoms with van der Waals surface area (Å²) < 4.78 is 32.0. The quantitative estimate of drug-likeness (QED) is 0.931. The molecule has 0 radical (unpaired) electrons. The van der Waals surface area contributed by atoms with Gasteiger partial charge < -0.3 is 9.84 Å². The monoisotopic (exact) mass is 298 g/mol. The van der Waals surface area contributed by atoms with Gasteiger partial charge in [0, 0.05) is 5.56 Å². The second-order valence-corrected chi connectivity index (χ2v) is 4.33. The lowest BCUT2D eigenvalue weighted by atomic mass is 10.2. The van der Waals surface area contributed by atoms with Gasteiger partial charge in [-0.05, 0) is 24.3 Å². The number of carboxylic acids is 1. The van der Waals surface area contributed by atoms with Gasteiger partial charge in [-0.3, -0.25) is 0 Å². The summed E-state index contributed by atoms with van der Waals surface area (Å²) in [5, 5.41) is 8.62. The molecule has 0 heterocycles. The molecule has 0 aliphatic carbocycles. The first-order chi connectivity index (χ1) is 9.49. The maximum absolute atomic E-state index is 13.6. The third-order valence-corrected chi connectivity index (χ3v) is 3.02. The van der Waals surface area contributed by atoms with Crippen molar-refractivity contribution in [2.75, 3.05) is 0 Å². The minimum Gasteiger partial charge on any atom is -0.486 e. The van der Waals surface area contributed by atoms with Gasteiger partial charge in [-0.15, -0.1) is 0 Å². The molecule has 0 bridgehead atoms. The van der Waals surface area contributed by atoms with E-state index in [2.05, 4.69) is 0 Å². The van der Waals surface area contributed by atoms with E-state index in [1.54, 1.807) is 6.07 Å². The predicted octanol–water partition coefficient (Wildman–Crippen LogP) is 3.90. The average molecular weight is 299 g/mol. The highest BCUT2D eigenvalue weighted by molar-refractivity contribution is 6.31. The van der Waals surface area contributed by atoms with Gasteiger partial charge in [-0.25, -0.2) is 13.6 Å². The molecule has 0 atom stereocenters. The fraction of sp³-hybridized carbons (Fsp3) is 0.0714. The molecule has 3 nitrogen and oxygen atoms in total. The Morgan fingerprint density at radius 1 is 1.20 bits per heavy atom. The van der Waals surface area contributed by atoms with Crippen LogP contribution < -0.4 is 4.74 Å². The van der Waals surface area contributed by atoms with Crippen LogP contribution in [0.2, 0.25) is 5.02 Å². The third-order valence-electron chi connectivity index (χ3n) is 2.59. The van der Waals surface area contributed by atoms with Crippen molar-refractivity contribution < 1.29 is 23.4 Å². The van der Waals surface area contributed by atoms with Crippen LogP contribution in [0.5, 0.6) is 5.75 Å². The van der Waals surface area contributed by atoms with Crippen molar-refractivity contribution in [3.63, 3.8) is 0 Å². The molecule has 1 N–H and O–H groups in total. The van der Waals surface area contributed by atoms with Gasteiger partial charge in [0.1, 0.15) is 12.4 Å². The van der Waals surface area contributed by atoms with Gasteiger partial charge in [0.25, 0.3) is 0 Å². The van der Waals surface area contributed by atoms with Crippen LogP contribution >= 0.6 is 11.6 Å². The van der Waals surface area contributed by atoms with Crippen molar-refractivity contribution in [3.05, 3.63) is 64.2 Å². The third kappa shape index (κ3) is 3.05. The number of benzene rings is 2. The Labute approximate surface area is 118 Å². The molecular weight excluding hydrogens is 290 g/mol. The molecule has 6 heteroatoms. The molecule has 0 aliphatic rings. The van der Waals surface area contributed by atoms with Crippen molar-refractivity contribution >= 4 is 17.6 Å². The van der Waals surface area contributed by atoms with Crippen LogP contribution in [0.15, 0.2) is 36.4 Å². The number of aromatic carboxylic acids is 1. The van der Waals surface area contributed by atoms with Gasteiger partial charge in [0.15, 0.2) is 11.6 Å². The summed E-state index contributed by atoms with van der Waals surface area (Å²) >= 11 is 5.74. The van der Waals surface area contributed by atoms with Gasteiger partial charge in [0.05, 0.1) is 10.6 Å². The average Bonchev–Trinajstić information content (AvgIpc) is 2.41. The normalized spacial score (nSPS) is 10.3. The van der Waals surface area contributed by atoms with Gasteiger partial charge in [-0.1, -0.05) is 23.7 Å². The highest BCUT2D eigenvalue weighted by Gasteiger charge is 2.11.